The summed E-state index contributed by atoms with van der Waals surface area (Å²) in [5.41, 5.74) is 3.82. The van der Waals surface area contributed by atoms with E-state index in [0.29, 0.717) is 23.7 Å². The minimum absolute atomic E-state index is 0.401. The van der Waals surface area contributed by atoms with Crippen molar-refractivity contribution in [3.05, 3.63) is 54.5 Å². The van der Waals surface area contributed by atoms with Gasteiger partial charge in [0.05, 0.1) is 37.8 Å². The van der Waals surface area contributed by atoms with Crippen molar-refractivity contribution in [1.82, 2.24) is 14.5 Å². The SMILES string of the molecule is COc1cc2ncc3ncn(Cc4ccc(NS(N)(=O)=O)cc4)c3c2cc1OC. The number of imidazole rings is 1. The van der Waals surface area contributed by atoms with E-state index in [1.54, 1.807) is 38.9 Å². The third-order valence-electron chi connectivity index (χ3n) is 4.52. The van der Waals surface area contributed by atoms with Gasteiger partial charge < -0.3 is 14.0 Å². The Hall–Kier alpha value is -3.37. The molecule has 150 valence electrons. The Kier molecular flexibility index (Phi) is 4.73. The molecule has 2 aromatic heterocycles. The molecule has 0 amide bonds. The van der Waals surface area contributed by atoms with Crippen molar-refractivity contribution < 1.29 is 17.9 Å². The molecule has 0 fully saturated rings. The molecule has 0 bridgehead atoms. The van der Waals surface area contributed by atoms with Crippen LogP contribution >= 0.6 is 0 Å². The number of methoxy groups -OCH3 is 2. The Morgan fingerprint density at radius 1 is 1.03 bits per heavy atom. The maximum atomic E-state index is 11.1. The number of hydrogen-bond acceptors (Lipinski definition) is 6. The van der Waals surface area contributed by atoms with Gasteiger partial charge >= 0.3 is 0 Å². The van der Waals surface area contributed by atoms with Gasteiger partial charge in [-0.1, -0.05) is 12.1 Å². The van der Waals surface area contributed by atoms with E-state index in [1.165, 1.54) is 0 Å². The summed E-state index contributed by atoms with van der Waals surface area (Å²) in [6, 6.07) is 10.7. The van der Waals surface area contributed by atoms with Crippen LogP contribution < -0.4 is 19.3 Å². The van der Waals surface area contributed by atoms with Crippen LogP contribution in [0, 0.1) is 0 Å². The van der Waals surface area contributed by atoms with E-state index >= 15 is 0 Å². The molecule has 0 unspecified atom stereocenters. The van der Waals surface area contributed by atoms with Crippen LogP contribution in [0.4, 0.5) is 5.69 Å². The summed E-state index contributed by atoms with van der Waals surface area (Å²) in [5, 5.41) is 5.89. The highest BCUT2D eigenvalue weighted by Crippen LogP contribution is 2.34. The Bertz CT molecular complexity index is 1300. The monoisotopic (exact) mass is 413 g/mol. The number of hydrogen-bond donors (Lipinski definition) is 2. The van der Waals surface area contributed by atoms with Crippen molar-refractivity contribution in [2.24, 2.45) is 5.14 Å². The average Bonchev–Trinajstić information content (AvgIpc) is 3.10. The van der Waals surface area contributed by atoms with Crippen molar-refractivity contribution in [3.8, 4) is 11.5 Å². The lowest BCUT2D eigenvalue weighted by atomic mass is 10.1. The van der Waals surface area contributed by atoms with Gasteiger partial charge in [0.2, 0.25) is 0 Å². The summed E-state index contributed by atoms with van der Waals surface area (Å²) >= 11 is 0. The van der Waals surface area contributed by atoms with Gasteiger partial charge in [-0.25, -0.2) is 10.1 Å². The second-order valence-electron chi connectivity index (χ2n) is 6.43. The summed E-state index contributed by atoms with van der Waals surface area (Å²) in [6.45, 7) is 0.541. The lowest BCUT2D eigenvalue weighted by Gasteiger charge is -2.11. The topological polar surface area (TPSA) is 121 Å². The molecule has 0 aliphatic rings. The Morgan fingerprint density at radius 3 is 2.38 bits per heavy atom. The summed E-state index contributed by atoms with van der Waals surface area (Å²) in [4.78, 5) is 8.92. The molecule has 29 heavy (non-hydrogen) atoms. The van der Waals surface area contributed by atoms with Crippen LogP contribution in [-0.2, 0) is 16.8 Å². The molecule has 2 heterocycles. The van der Waals surface area contributed by atoms with Crippen LogP contribution in [0.5, 0.6) is 11.5 Å². The summed E-state index contributed by atoms with van der Waals surface area (Å²) in [7, 11) is -0.627. The van der Waals surface area contributed by atoms with Gasteiger partial charge in [-0.3, -0.25) is 9.71 Å². The molecule has 9 nitrogen and oxygen atoms in total. The second-order valence-corrected chi connectivity index (χ2v) is 7.73. The van der Waals surface area contributed by atoms with Crippen LogP contribution in [0.1, 0.15) is 5.56 Å². The van der Waals surface area contributed by atoms with Crippen LogP contribution in [0.2, 0.25) is 0 Å². The number of pyridine rings is 1. The highest BCUT2D eigenvalue weighted by molar-refractivity contribution is 7.90. The number of rotatable bonds is 6. The third kappa shape index (κ3) is 3.80. The van der Waals surface area contributed by atoms with E-state index in [4.69, 9.17) is 14.6 Å². The fourth-order valence-electron chi connectivity index (χ4n) is 3.24. The molecule has 0 saturated heterocycles. The van der Waals surface area contributed by atoms with Crippen molar-refractivity contribution >= 4 is 37.8 Å². The number of anilines is 1. The van der Waals surface area contributed by atoms with Crippen LogP contribution in [0.15, 0.2) is 48.9 Å². The normalized spacial score (nSPS) is 11.7. The Balaban J connectivity index is 1.75. The molecule has 0 radical (unpaired) electrons. The first kappa shape index (κ1) is 19.0. The summed E-state index contributed by atoms with van der Waals surface area (Å²) in [6.07, 6.45) is 3.47. The number of nitrogens with two attached hydrogens (primary N) is 1. The highest BCUT2D eigenvalue weighted by Gasteiger charge is 2.13. The zero-order valence-electron chi connectivity index (χ0n) is 15.8. The lowest BCUT2D eigenvalue weighted by Crippen LogP contribution is -2.21. The minimum Gasteiger partial charge on any atom is -0.493 e. The van der Waals surface area contributed by atoms with Crippen LogP contribution in [0.3, 0.4) is 0 Å². The van der Waals surface area contributed by atoms with E-state index < -0.39 is 10.2 Å². The third-order valence-corrected chi connectivity index (χ3v) is 5.04. The Morgan fingerprint density at radius 2 is 1.72 bits per heavy atom. The van der Waals surface area contributed by atoms with Gasteiger partial charge in [0, 0.05) is 23.7 Å². The number of nitrogens with one attached hydrogen (secondary N) is 1. The van der Waals surface area contributed by atoms with Crippen LogP contribution in [0.25, 0.3) is 21.9 Å². The quantitative estimate of drug-likeness (QED) is 0.500. The predicted octanol–water partition coefficient (Wildman–Crippen LogP) is 2.27. The minimum atomic E-state index is -3.80. The molecule has 0 spiro atoms. The van der Waals surface area contributed by atoms with Gasteiger partial charge in [-0.05, 0) is 23.8 Å². The van der Waals surface area contributed by atoms with Gasteiger partial charge in [0.25, 0.3) is 10.2 Å². The predicted molar refractivity (Wildman–Crippen MR) is 110 cm³/mol. The molecule has 4 aromatic rings. The fraction of sp³-hybridized carbons (Fsp3) is 0.158. The molecule has 4 rings (SSSR count). The number of fused-ring (bicyclic) bond motifs is 3. The smallest absolute Gasteiger partial charge is 0.296 e. The number of nitrogens with zero attached hydrogens (tertiary/aromatic N) is 3. The summed E-state index contributed by atoms with van der Waals surface area (Å²) < 4.78 is 37.3. The van der Waals surface area contributed by atoms with E-state index in [1.807, 2.05) is 28.8 Å². The largest absolute Gasteiger partial charge is 0.493 e. The molecule has 0 aliphatic carbocycles. The van der Waals surface area contributed by atoms with E-state index in [2.05, 4.69) is 14.7 Å². The molecular formula is C19H19N5O4S. The van der Waals surface area contributed by atoms with E-state index in [-0.39, 0.29) is 0 Å². The molecule has 0 aliphatic heterocycles. The van der Waals surface area contributed by atoms with E-state index in [9.17, 15) is 8.42 Å². The summed E-state index contributed by atoms with van der Waals surface area (Å²) in [5.74, 6) is 1.22. The van der Waals surface area contributed by atoms with Crippen molar-refractivity contribution in [2.75, 3.05) is 18.9 Å². The number of aromatic nitrogens is 3. The standard InChI is InChI=1S/C19H19N5O4S/c1-27-17-7-14-15(8-18(17)28-2)21-9-16-19(14)24(11-22-16)10-12-3-5-13(6-4-12)23-29(20,25)26/h3-9,11,23H,10H2,1-2H3,(H2,20,25,26). The van der Waals surface area contributed by atoms with Gasteiger partial charge in [0.15, 0.2) is 11.5 Å². The first-order valence-corrected chi connectivity index (χ1v) is 10.2. The maximum Gasteiger partial charge on any atom is 0.296 e. The van der Waals surface area contributed by atoms with Crippen molar-refractivity contribution in [2.45, 2.75) is 6.54 Å². The van der Waals surface area contributed by atoms with Gasteiger partial charge in [0.1, 0.15) is 5.52 Å². The Labute approximate surface area is 167 Å². The zero-order valence-corrected chi connectivity index (χ0v) is 16.6. The highest BCUT2D eigenvalue weighted by atomic mass is 32.2. The number of benzene rings is 2. The van der Waals surface area contributed by atoms with Crippen LogP contribution in [-0.4, -0.2) is 37.2 Å². The second kappa shape index (κ2) is 7.22. The molecule has 0 saturated carbocycles. The average molecular weight is 413 g/mol. The molecule has 10 heteroatoms. The zero-order chi connectivity index (χ0) is 20.6. The first-order valence-electron chi connectivity index (χ1n) is 8.63. The van der Waals surface area contributed by atoms with Gasteiger partial charge in [-0.2, -0.15) is 8.42 Å². The first-order chi connectivity index (χ1) is 13.9. The van der Waals surface area contributed by atoms with Crippen molar-refractivity contribution in [1.29, 1.82) is 0 Å². The fourth-order valence-corrected chi connectivity index (χ4v) is 3.70. The molecule has 2 aromatic carbocycles. The lowest BCUT2D eigenvalue weighted by molar-refractivity contribution is 0.356. The maximum absolute atomic E-state index is 11.1. The van der Waals surface area contributed by atoms with Crippen molar-refractivity contribution in [3.63, 3.8) is 0 Å². The molecule has 0 atom stereocenters. The molecular weight excluding hydrogens is 394 g/mol. The van der Waals surface area contributed by atoms with E-state index in [0.717, 1.165) is 27.5 Å². The van der Waals surface area contributed by atoms with Gasteiger partial charge in [-0.15, -0.1) is 0 Å². The molecule has 3 N–H and O–H groups in total. The number of ether oxygens (including phenoxy) is 2.